The lowest BCUT2D eigenvalue weighted by atomic mass is 10.1. The van der Waals surface area contributed by atoms with Crippen LogP contribution in [0.25, 0.3) is 16.9 Å². The number of esters is 1. The molecule has 0 aliphatic heterocycles. The predicted octanol–water partition coefficient (Wildman–Crippen LogP) is 2.26. The number of methoxy groups -OCH3 is 2. The lowest BCUT2D eigenvalue weighted by Gasteiger charge is -2.10. The predicted molar refractivity (Wildman–Crippen MR) is 98.2 cm³/mol. The van der Waals surface area contributed by atoms with Gasteiger partial charge in [0, 0.05) is 5.56 Å². The lowest BCUT2D eigenvalue weighted by molar-refractivity contribution is 0.0593. The van der Waals surface area contributed by atoms with Crippen molar-refractivity contribution < 1.29 is 31.5 Å². The van der Waals surface area contributed by atoms with Crippen LogP contribution in [0.4, 0.5) is 8.78 Å². The zero-order valence-corrected chi connectivity index (χ0v) is 16.0. The number of sulfonamides is 1. The van der Waals surface area contributed by atoms with Gasteiger partial charge in [-0.15, -0.1) is 0 Å². The number of benzene rings is 2. The van der Waals surface area contributed by atoms with Crippen LogP contribution in [0.2, 0.25) is 0 Å². The van der Waals surface area contributed by atoms with Crippen molar-refractivity contribution in [3.05, 3.63) is 59.8 Å². The average Bonchev–Trinajstić information content (AvgIpc) is 3.12. The molecule has 3 aromatic rings. The molecule has 0 atom stereocenters. The fourth-order valence-corrected chi connectivity index (χ4v) is 3.18. The zero-order chi connectivity index (χ0) is 21.3. The molecule has 0 radical (unpaired) electrons. The highest BCUT2D eigenvalue weighted by molar-refractivity contribution is 7.89. The monoisotopic (exact) mass is 423 g/mol. The summed E-state index contributed by atoms with van der Waals surface area (Å²) in [6, 6.07) is 8.58. The molecule has 0 fully saturated rings. The fraction of sp³-hybridized carbons (Fsp3) is 0.111. The maximum absolute atomic E-state index is 14.2. The van der Waals surface area contributed by atoms with Crippen molar-refractivity contribution in [2.45, 2.75) is 4.90 Å². The van der Waals surface area contributed by atoms with Gasteiger partial charge in [-0.1, -0.05) is 0 Å². The number of halogens is 2. The van der Waals surface area contributed by atoms with E-state index in [4.69, 9.17) is 5.14 Å². The van der Waals surface area contributed by atoms with E-state index in [-0.39, 0.29) is 21.8 Å². The third-order valence-corrected chi connectivity index (χ3v) is 4.94. The molecule has 0 saturated carbocycles. The van der Waals surface area contributed by atoms with Crippen molar-refractivity contribution >= 4 is 16.0 Å². The minimum Gasteiger partial charge on any atom is -0.491 e. The Morgan fingerprint density at radius 1 is 1.07 bits per heavy atom. The molecule has 11 heteroatoms. The Bertz CT molecular complexity index is 1170. The summed E-state index contributed by atoms with van der Waals surface area (Å²) in [6.45, 7) is 0. The van der Waals surface area contributed by atoms with Gasteiger partial charge in [-0.2, -0.15) is 5.10 Å². The van der Waals surface area contributed by atoms with E-state index in [1.54, 1.807) is 0 Å². The molecule has 0 saturated heterocycles. The average molecular weight is 423 g/mol. The molecule has 152 valence electrons. The molecular weight excluding hydrogens is 408 g/mol. The van der Waals surface area contributed by atoms with Gasteiger partial charge < -0.3 is 9.47 Å². The van der Waals surface area contributed by atoms with Crippen LogP contribution in [0, 0.1) is 11.6 Å². The zero-order valence-electron chi connectivity index (χ0n) is 15.2. The summed E-state index contributed by atoms with van der Waals surface area (Å²) in [4.78, 5) is 11.8. The second-order valence-electron chi connectivity index (χ2n) is 5.83. The summed E-state index contributed by atoms with van der Waals surface area (Å²) in [5.74, 6) is -3.20. The summed E-state index contributed by atoms with van der Waals surface area (Å²) in [7, 11) is -1.62. The molecule has 0 bridgehead atoms. The van der Waals surface area contributed by atoms with Crippen LogP contribution in [-0.4, -0.2) is 38.4 Å². The van der Waals surface area contributed by atoms with Gasteiger partial charge in [-0.05, 0) is 42.5 Å². The molecule has 8 nitrogen and oxygen atoms in total. The van der Waals surface area contributed by atoms with E-state index in [1.807, 2.05) is 0 Å². The van der Waals surface area contributed by atoms with Crippen LogP contribution in [0.15, 0.2) is 47.4 Å². The summed E-state index contributed by atoms with van der Waals surface area (Å²) in [5.41, 5.74) is 0.432. The van der Waals surface area contributed by atoms with Gasteiger partial charge in [0.1, 0.15) is 0 Å². The van der Waals surface area contributed by atoms with Crippen molar-refractivity contribution in [3.63, 3.8) is 0 Å². The number of aromatic nitrogens is 2. The van der Waals surface area contributed by atoms with Crippen molar-refractivity contribution in [2.24, 2.45) is 5.14 Å². The minimum absolute atomic E-state index is 0.0685. The number of primary sulfonamides is 1. The van der Waals surface area contributed by atoms with E-state index in [2.05, 4.69) is 14.6 Å². The number of hydrogen-bond donors (Lipinski definition) is 1. The van der Waals surface area contributed by atoms with Gasteiger partial charge in [0.2, 0.25) is 10.0 Å². The molecule has 0 spiro atoms. The molecule has 3 rings (SSSR count). The van der Waals surface area contributed by atoms with Crippen molar-refractivity contribution in [3.8, 4) is 22.7 Å². The van der Waals surface area contributed by atoms with Crippen LogP contribution in [-0.2, 0) is 14.8 Å². The van der Waals surface area contributed by atoms with Crippen molar-refractivity contribution in [1.82, 2.24) is 9.78 Å². The molecule has 0 aliphatic rings. The Kier molecular flexibility index (Phi) is 5.36. The molecule has 1 aromatic heterocycles. The molecule has 0 amide bonds. The van der Waals surface area contributed by atoms with Crippen LogP contribution in [0.1, 0.15) is 10.5 Å². The summed E-state index contributed by atoms with van der Waals surface area (Å²) < 4.78 is 61.8. The van der Waals surface area contributed by atoms with E-state index in [0.29, 0.717) is 5.69 Å². The Balaban J connectivity index is 2.20. The maximum Gasteiger partial charge on any atom is 0.358 e. The van der Waals surface area contributed by atoms with E-state index >= 15 is 0 Å². The highest BCUT2D eigenvalue weighted by Crippen LogP contribution is 2.31. The first-order chi connectivity index (χ1) is 13.7. The van der Waals surface area contributed by atoms with Crippen LogP contribution >= 0.6 is 0 Å². The number of rotatable bonds is 5. The quantitative estimate of drug-likeness (QED) is 0.630. The summed E-state index contributed by atoms with van der Waals surface area (Å²) >= 11 is 0. The van der Waals surface area contributed by atoms with Crippen LogP contribution in [0.3, 0.4) is 0 Å². The van der Waals surface area contributed by atoms with E-state index in [9.17, 15) is 22.0 Å². The van der Waals surface area contributed by atoms with Gasteiger partial charge in [0.05, 0.1) is 30.5 Å². The highest BCUT2D eigenvalue weighted by Gasteiger charge is 2.20. The molecule has 2 N–H and O–H groups in total. The summed E-state index contributed by atoms with van der Waals surface area (Å²) in [6.07, 6.45) is 0. The standard InChI is InChI=1S/C18H15F2N3O5S/c1-27-17-13(19)7-10(8-14(17)20)16-9-15(18(24)28-2)22-23(16)11-3-5-12(6-4-11)29(21,25)26/h3-9H,1-2H3,(H2,21,25,26). The number of nitrogens with two attached hydrogens (primary N) is 1. The van der Waals surface area contributed by atoms with Gasteiger partial charge in [0.15, 0.2) is 23.1 Å². The molecule has 2 aromatic carbocycles. The van der Waals surface area contributed by atoms with Gasteiger partial charge in [0.25, 0.3) is 0 Å². The highest BCUT2D eigenvalue weighted by atomic mass is 32.2. The number of nitrogens with zero attached hydrogens (tertiary/aromatic N) is 2. The Morgan fingerprint density at radius 3 is 2.14 bits per heavy atom. The largest absolute Gasteiger partial charge is 0.491 e. The third kappa shape index (κ3) is 3.96. The van der Waals surface area contributed by atoms with Crippen LogP contribution < -0.4 is 9.88 Å². The lowest BCUT2D eigenvalue weighted by Crippen LogP contribution is -2.12. The number of hydrogen-bond acceptors (Lipinski definition) is 6. The molecule has 0 unspecified atom stereocenters. The van der Waals surface area contributed by atoms with E-state index in [1.165, 1.54) is 35.0 Å². The molecular formula is C18H15F2N3O5S. The van der Waals surface area contributed by atoms with E-state index < -0.39 is 33.4 Å². The summed E-state index contributed by atoms with van der Waals surface area (Å²) in [5, 5.41) is 9.19. The Hall–Kier alpha value is -3.31. The van der Waals surface area contributed by atoms with Crippen LogP contribution in [0.5, 0.6) is 5.75 Å². The maximum atomic E-state index is 14.2. The Morgan fingerprint density at radius 2 is 1.66 bits per heavy atom. The van der Waals surface area contributed by atoms with Crippen molar-refractivity contribution in [2.75, 3.05) is 14.2 Å². The molecule has 29 heavy (non-hydrogen) atoms. The first kappa shape index (κ1) is 20.4. The van der Waals surface area contributed by atoms with E-state index in [0.717, 1.165) is 26.4 Å². The second-order valence-corrected chi connectivity index (χ2v) is 7.39. The van der Waals surface area contributed by atoms with Gasteiger partial charge in [-0.25, -0.2) is 31.8 Å². The third-order valence-electron chi connectivity index (χ3n) is 4.01. The smallest absolute Gasteiger partial charge is 0.358 e. The number of ether oxygens (including phenoxy) is 2. The number of carbonyl (C=O) groups is 1. The normalized spacial score (nSPS) is 11.3. The molecule has 1 heterocycles. The van der Waals surface area contributed by atoms with Gasteiger partial charge >= 0.3 is 5.97 Å². The first-order valence-electron chi connectivity index (χ1n) is 8.00. The minimum atomic E-state index is -3.91. The van der Waals surface area contributed by atoms with Gasteiger partial charge in [-0.3, -0.25) is 0 Å². The first-order valence-corrected chi connectivity index (χ1v) is 9.55. The SMILES string of the molecule is COC(=O)c1cc(-c2cc(F)c(OC)c(F)c2)n(-c2ccc(S(N)(=O)=O)cc2)n1. The topological polar surface area (TPSA) is 114 Å². The fourth-order valence-electron chi connectivity index (χ4n) is 2.67. The second kappa shape index (κ2) is 7.60. The number of carbonyl (C=O) groups excluding carboxylic acids is 1. The Labute approximate surface area is 164 Å². The molecule has 0 aliphatic carbocycles. The van der Waals surface area contributed by atoms with Crippen molar-refractivity contribution in [1.29, 1.82) is 0 Å².